The maximum absolute atomic E-state index is 14.1. The lowest BCUT2D eigenvalue weighted by molar-refractivity contribution is -0.154. The van der Waals surface area contributed by atoms with Crippen LogP contribution in [0, 0.1) is 5.92 Å². The van der Waals surface area contributed by atoms with E-state index in [9.17, 15) is 23.6 Å². The maximum atomic E-state index is 14.1. The van der Waals surface area contributed by atoms with E-state index in [0.29, 0.717) is 0 Å². The Kier molecular flexibility index (Phi) is 4.33. The number of amides is 3. The first-order valence-electron chi connectivity index (χ1n) is 8.73. The monoisotopic (exact) mass is 401 g/mol. The van der Waals surface area contributed by atoms with E-state index < -0.39 is 47.4 Å². The van der Waals surface area contributed by atoms with Crippen molar-refractivity contribution >= 4 is 23.7 Å². The molecule has 2 heterocycles. The van der Waals surface area contributed by atoms with Crippen molar-refractivity contribution in [3.05, 3.63) is 53.8 Å². The zero-order chi connectivity index (χ0) is 20.8. The van der Waals surface area contributed by atoms with Crippen LogP contribution >= 0.6 is 0 Å². The molecule has 1 fully saturated rings. The van der Waals surface area contributed by atoms with Gasteiger partial charge in [0.05, 0.1) is 5.57 Å². The molecule has 1 aromatic carbocycles. The van der Waals surface area contributed by atoms with Crippen LogP contribution in [0.15, 0.2) is 53.8 Å². The van der Waals surface area contributed by atoms with Gasteiger partial charge in [0.15, 0.2) is 12.3 Å². The summed E-state index contributed by atoms with van der Waals surface area (Å²) in [5, 5.41) is 4.96. The molecular formula is C19H16FN3O6. The highest BCUT2D eigenvalue weighted by Gasteiger charge is 2.63. The van der Waals surface area contributed by atoms with Gasteiger partial charge in [-0.1, -0.05) is 18.2 Å². The predicted octanol–water partition coefficient (Wildman–Crippen LogP) is -0.125. The average molecular weight is 401 g/mol. The van der Waals surface area contributed by atoms with Crippen molar-refractivity contribution in [2.24, 2.45) is 11.7 Å². The Labute approximate surface area is 163 Å². The van der Waals surface area contributed by atoms with Gasteiger partial charge in [-0.25, -0.2) is 9.18 Å². The molecule has 4 N–H and O–H groups in total. The van der Waals surface area contributed by atoms with Crippen LogP contribution in [-0.2, 0) is 19.1 Å². The third-order valence-corrected chi connectivity index (χ3v) is 5.05. The number of ether oxygens (including phenoxy) is 2. The van der Waals surface area contributed by atoms with E-state index in [1.165, 1.54) is 18.2 Å². The van der Waals surface area contributed by atoms with Crippen LogP contribution in [-0.4, -0.2) is 48.1 Å². The number of alkyl halides is 1. The molecule has 0 aromatic heterocycles. The first-order valence-corrected chi connectivity index (χ1v) is 8.73. The summed E-state index contributed by atoms with van der Waals surface area (Å²) < 4.78 is 25.0. The highest BCUT2D eigenvalue weighted by Crippen LogP contribution is 2.43. The number of hydrogen-bond donors (Lipinski definition) is 3. The number of benzene rings is 1. The van der Waals surface area contributed by atoms with Crippen molar-refractivity contribution in [1.82, 2.24) is 10.6 Å². The van der Waals surface area contributed by atoms with E-state index in [1.807, 2.05) is 0 Å². The third kappa shape index (κ3) is 2.93. The molecule has 1 aromatic rings. The summed E-state index contributed by atoms with van der Waals surface area (Å²) in [6.45, 7) is -0.265. The minimum absolute atomic E-state index is 0.125. The number of para-hydroxylation sites is 1. The summed E-state index contributed by atoms with van der Waals surface area (Å²) in [7, 11) is 0. The number of primary amides is 1. The Hall–Kier alpha value is -3.69. The number of Topliss-reactive ketones (excluding diaryl/α,β-unsaturated/α-hetero) is 1. The zero-order valence-corrected chi connectivity index (χ0v) is 14.9. The lowest BCUT2D eigenvalue weighted by atomic mass is 9.69. The average Bonchev–Trinajstić information content (AvgIpc) is 3.06. The minimum atomic E-state index is -1.98. The number of nitrogens with two attached hydrogens (primary N) is 1. The zero-order valence-electron chi connectivity index (χ0n) is 14.9. The molecule has 150 valence electrons. The Balaban J connectivity index is 1.84. The van der Waals surface area contributed by atoms with Gasteiger partial charge in [-0.2, -0.15) is 0 Å². The predicted molar refractivity (Wildman–Crippen MR) is 95.0 cm³/mol. The highest BCUT2D eigenvalue weighted by atomic mass is 19.1. The van der Waals surface area contributed by atoms with Crippen molar-refractivity contribution < 1.29 is 33.0 Å². The summed E-state index contributed by atoms with van der Waals surface area (Å²) in [5.74, 6) is -4.43. The molecule has 29 heavy (non-hydrogen) atoms. The van der Waals surface area contributed by atoms with Gasteiger partial charge < -0.3 is 25.8 Å². The van der Waals surface area contributed by atoms with Gasteiger partial charge in [0.1, 0.15) is 23.0 Å². The number of hydrogen-bond acceptors (Lipinski definition) is 6. The number of carbonyl (C=O) groups excluding carboxylic acids is 4. The van der Waals surface area contributed by atoms with Crippen LogP contribution in [0.2, 0.25) is 0 Å². The molecule has 0 saturated carbocycles. The van der Waals surface area contributed by atoms with E-state index in [1.54, 1.807) is 18.2 Å². The number of urea groups is 1. The first-order chi connectivity index (χ1) is 13.8. The fourth-order valence-corrected chi connectivity index (χ4v) is 3.82. The summed E-state index contributed by atoms with van der Waals surface area (Å²) in [6.07, 6.45) is -1.40. The minimum Gasteiger partial charge on any atom is -0.479 e. The molecule has 1 saturated heterocycles. The van der Waals surface area contributed by atoms with Crippen LogP contribution in [0.4, 0.5) is 9.18 Å². The van der Waals surface area contributed by atoms with E-state index in [2.05, 4.69) is 10.6 Å². The molecule has 4 atom stereocenters. The first kappa shape index (κ1) is 18.7. The molecule has 9 nitrogen and oxygen atoms in total. The fraction of sp³-hybridized carbons (Fsp3) is 0.263. The number of carbonyl (C=O) groups is 4. The van der Waals surface area contributed by atoms with Crippen molar-refractivity contribution in [2.75, 3.05) is 6.54 Å². The van der Waals surface area contributed by atoms with E-state index in [4.69, 9.17) is 15.2 Å². The van der Waals surface area contributed by atoms with E-state index >= 15 is 0 Å². The molecule has 2 aliphatic heterocycles. The lowest BCUT2D eigenvalue weighted by Crippen LogP contribution is -2.66. The van der Waals surface area contributed by atoms with Gasteiger partial charge in [-0.15, -0.1) is 0 Å². The Morgan fingerprint density at radius 2 is 1.97 bits per heavy atom. The molecule has 1 aliphatic carbocycles. The summed E-state index contributed by atoms with van der Waals surface area (Å²) in [6, 6.07) is 7.29. The number of fused-ring (bicyclic) bond motifs is 1. The van der Waals surface area contributed by atoms with Gasteiger partial charge in [0.25, 0.3) is 5.91 Å². The van der Waals surface area contributed by atoms with Crippen molar-refractivity contribution in [3.8, 4) is 5.75 Å². The molecule has 0 bridgehead atoms. The Morgan fingerprint density at radius 1 is 1.24 bits per heavy atom. The van der Waals surface area contributed by atoms with Crippen LogP contribution in [0.25, 0.3) is 0 Å². The smallest absolute Gasteiger partial charge is 0.321 e. The Morgan fingerprint density at radius 3 is 2.59 bits per heavy atom. The van der Waals surface area contributed by atoms with Crippen LogP contribution in [0.5, 0.6) is 5.75 Å². The second-order valence-electron chi connectivity index (χ2n) is 6.80. The van der Waals surface area contributed by atoms with Crippen LogP contribution in [0.3, 0.4) is 0 Å². The second-order valence-corrected chi connectivity index (χ2v) is 6.80. The van der Waals surface area contributed by atoms with Crippen molar-refractivity contribution in [1.29, 1.82) is 0 Å². The quantitative estimate of drug-likeness (QED) is 0.477. The number of esters is 1. The van der Waals surface area contributed by atoms with Gasteiger partial charge in [-0.05, 0) is 24.3 Å². The summed E-state index contributed by atoms with van der Waals surface area (Å²) in [5.41, 5.74) is 3.43. The molecule has 1 spiro atoms. The van der Waals surface area contributed by atoms with Crippen LogP contribution < -0.4 is 21.1 Å². The number of rotatable bonds is 3. The summed E-state index contributed by atoms with van der Waals surface area (Å²) >= 11 is 0. The SMILES string of the molecule is NC(=O)C1OC2=C(C(=O)C(F)C=C2)C2(CNC(=O)N2)C1C(=O)Oc1ccccc1. The molecule has 0 radical (unpaired) electrons. The van der Waals surface area contributed by atoms with E-state index in [0.717, 1.165) is 6.08 Å². The number of nitrogens with one attached hydrogen (secondary N) is 2. The normalized spacial score (nSPS) is 30.3. The molecular weight excluding hydrogens is 385 g/mol. The molecule has 3 amide bonds. The number of allylic oxidation sites excluding steroid dienone is 2. The molecule has 4 unspecified atom stereocenters. The molecule has 10 heteroatoms. The fourth-order valence-electron chi connectivity index (χ4n) is 3.82. The van der Waals surface area contributed by atoms with Crippen molar-refractivity contribution in [3.63, 3.8) is 0 Å². The van der Waals surface area contributed by atoms with Crippen molar-refractivity contribution in [2.45, 2.75) is 17.8 Å². The molecule has 4 rings (SSSR count). The van der Waals surface area contributed by atoms with E-state index in [-0.39, 0.29) is 23.6 Å². The third-order valence-electron chi connectivity index (χ3n) is 5.05. The lowest BCUT2D eigenvalue weighted by Gasteiger charge is -2.44. The second kappa shape index (κ2) is 6.73. The van der Waals surface area contributed by atoms with Gasteiger partial charge in [0, 0.05) is 6.54 Å². The van der Waals surface area contributed by atoms with Crippen LogP contribution in [0.1, 0.15) is 0 Å². The van der Waals surface area contributed by atoms with Gasteiger partial charge in [0.2, 0.25) is 5.78 Å². The largest absolute Gasteiger partial charge is 0.479 e. The topological polar surface area (TPSA) is 137 Å². The maximum Gasteiger partial charge on any atom is 0.321 e. The van der Waals surface area contributed by atoms with Gasteiger partial charge >= 0.3 is 12.0 Å². The summed E-state index contributed by atoms with van der Waals surface area (Å²) in [4.78, 5) is 49.8. The standard InChI is InChI=1S/C19H16FN3O6/c20-10-6-7-11-12(14(10)24)19(8-22-18(27)23-19)13(15(29-11)16(21)25)17(26)28-9-4-2-1-3-5-9/h1-7,10,13,15H,8H2,(H2,21,25)(H2,22,23,27). The molecule has 3 aliphatic rings. The van der Waals surface area contributed by atoms with Gasteiger partial charge in [-0.3, -0.25) is 14.4 Å². The highest BCUT2D eigenvalue weighted by molar-refractivity contribution is 6.07. The Bertz CT molecular complexity index is 975. The number of ketones is 1. The number of halogens is 1.